The maximum atomic E-state index is 9.27. The van der Waals surface area contributed by atoms with Crippen molar-refractivity contribution < 1.29 is 5.11 Å². The summed E-state index contributed by atoms with van der Waals surface area (Å²) in [4.78, 5) is 0. The molecule has 1 aromatic rings. The summed E-state index contributed by atoms with van der Waals surface area (Å²) < 4.78 is 0. The minimum absolute atomic E-state index is 0.152. The second kappa shape index (κ2) is 4.77. The Morgan fingerprint density at radius 2 is 2.13 bits per heavy atom. The van der Waals surface area contributed by atoms with Crippen LogP contribution in [0.4, 0.5) is 0 Å². The Labute approximate surface area is 91.1 Å². The molecule has 0 radical (unpaired) electrons. The number of nitrogens with one attached hydrogen (secondary N) is 2. The molecule has 4 heteroatoms. The van der Waals surface area contributed by atoms with Crippen LogP contribution in [0.1, 0.15) is 37.2 Å². The first-order chi connectivity index (χ1) is 7.02. The number of aromatic amines is 1. The third-order valence-electron chi connectivity index (χ3n) is 3.10. The Hall–Kier alpha value is -0.870. The van der Waals surface area contributed by atoms with Gasteiger partial charge in [0.15, 0.2) is 0 Å². The highest BCUT2D eigenvalue weighted by molar-refractivity contribution is 5.23. The van der Waals surface area contributed by atoms with E-state index in [9.17, 15) is 5.11 Å². The van der Waals surface area contributed by atoms with Crippen LogP contribution in [-0.2, 0) is 6.54 Å². The highest BCUT2D eigenvalue weighted by Gasteiger charge is 2.20. The average molecular weight is 211 g/mol. The van der Waals surface area contributed by atoms with Gasteiger partial charge >= 0.3 is 0 Å². The van der Waals surface area contributed by atoms with Gasteiger partial charge in [-0.05, 0) is 27.2 Å². The van der Waals surface area contributed by atoms with Gasteiger partial charge in [-0.2, -0.15) is 5.10 Å². The lowest BCUT2D eigenvalue weighted by atomic mass is 9.99. The maximum absolute atomic E-state index is 9.27. The molecule has 86 valence electrons. The molecule has 1 heterocycles. The molecule has 1 aromatic heterocycles. The first kappa shape index (κ1) is 12.2. The summed E-state index contributed by atoms with van der Waals surface area (Å²) in [5.41, 5.74) is 3.12. The van der Waals surface area contributed by atoms with Gasteiger partial charge in [-0.25, -0.2) is 0 Å². The smallest absolute Gasteiger partial charge is 0.0638 e. The van der Waals surface area contributed by atoms with E-state index >= 15 is 0 Å². The van der Waals surface area contributed by atoms with Crippen molar-refractivity contribution in [2.45, 2.75) is 46.2 Å². The van der Waals surface area contributed by atoms with Crippen molar-refractivity contribution in [3.8, 4) is 0 Å². The number of aromatic nitrogens is 2. The molecule has 0 aliphatic rings. The van der Waals surface area contributed by atoms with Crippen LogP contribution >= 0.6 is 0 Å². The van der Waals surface area contributed by atoms with Crippen LogP contribution in [0.5, 0.6) is 0 Å². The van der Waals surface area contributed by atoms with Crippen molar-refractivity contribution in [3.05, 3.63) is 17.0 Å². The van der Waals surface area contributed by atoms with Crippen LogP contribution < -0.4 is 5.32 Å². The van der Waals surface area contributed by atoms with Gasteiger partial charge in [0.05, 0.1) is 12.3 Å². The van der Waals surface area contributed by atoms with E-state index in [0.29, 0.717) is 0 Å². The third-order valence-corrected chi connectivity index (χ3v) is 3.10. The minimum atomic E-state index is -0.198. The van der Waals surface area contributed by atoms with Crippen LogP contribution in [-0.4, -0.2) is 27.4 Å². The van der Waals surface area contributed by atoms with Gasteiger partial charge in [0.1, 0.15) is 0 Å². The molecule has 15 heavy (non-hydrogen) atoms. The fourth-order valence-corrected chi connectivity index (χ4v) is 1.43. The van der Waals surface area contributed by atoms with Gasteiger partial charge in [0.25, 0.3) is 0 Å². The molecule has 0 aliphatic heterocycles. The molecule has 0 saturated heterocycles. The summed E-state index contributed by atoms with van der Waals surface area (Å²) in [6.45, 7) is 9.00. The van der Waals surface area contributed by atoms with E-state index < -0.39 is 0 Å². The fourth-order valence-electron chi connectivity index (χ4n) is 1.43. The fraction of sp³-hybridized carbons (Fsp3) is 0.727. The first-order valence-corrected chi connectivity index (χ1v) is 5.38. The molecule has 0 spiro atoms. The minimum Gasteiger partial charge on any atom is -0.394 e. The van der Waals surface area contributed by atoms with Gasteiger partial charge in [-0.1, -0.05) is 6.92 Å². The Bertz CT molecular complexity index is 296. The van der Waals surface area contributed by atoms with Crippen LogP contribution in [0, 0.1) is 13.8 Å². The zero-order valence-corrected chi connectivity index (χ0v) is 10.0. The summed E-state index contributed by atoms with van der Waals surface area (Å²) in [5.74, 6) is 0. The van der Waals surface area contributed by atoms with Crippen LogP contribution in [0.3, 0.4) is 0 Å². The third kappa shape index (κ3) is 2.79. The van der Waals surface area contributed by atoms with Crippen LogP contribution in [0.25, 0.3) is 0 Å². The molecule has 3 N–H and O–H groups in total. The first-order valence-electron chi connectivity index (χ1n) is 5.38. The lowest BCUT2D eigenvalue weighted by Gasteiger charge is -2.27. The zero-order valence-electron chi connectivity index (χ0n) is 10.0. The second-order valence-electron chi connectivity index (χ2n) is 4.34. The summed E-state index contributed by atoms with van der Waals surface area (Å²) >= 11 is 0. The second-order valence-corrected chi connectivity index (χ2v) is 4.34. The van der Waals surface area contributed by atoms with Crippen molar-refractivity contribution in [1.82, 2.24) is 15.5 Å². The van der Waals surface area contributed by atoms with Gasteiger partial charge in [0, 0.05) is 23.3 Å². The molecular formula is C11H21N3O. The predicted octanol–water partition coefficient (Wildman–Crippen LogP) is 1.28. The number of hydrogen-bond acceptors (Lipinski definition) is 3. The standard InChI is InChI=1S/C11H21N3O/c1-5-11(4,7-15)12-6-10-8(2)13-14-9(10)3/h12,15H,5-7H2,1-4H3,(H,13,14). The number of aliphatic hydroxyl groups is 1. The molecule has 1 unspecified atom stereocenters. The number of aryl methyl sites for hydroxylation is 2. The van der Waals surface area contributed by atoms with Crippen molar-refractivity contribution in [2.24, 2.45) is 0 Å². The van der Waals surface area contributed by atoms with Crippen LogP contribution in [0.2, 0.25) is 0 Å². The van der Waals surface area contributed by atoms with E-state index in [1.54, 1.807) is 0 Å². The van der Waals surface area contributed by atoms with Crippen molar-refractivity contribution in [3.63, 3.8) is 0 Å². The quantitative estimate of drug-likeness (QED) is 0.687. The van der Waals surface area contributed by atoms with Gasteiger partial charge in [-0.15, -0.1) is 0 Å². The largest absolute Gasteiger partial charge is 0.394 e. The van der Waals surface area contributed by atoms with E-state index in [2.05, 4.69) is 22.4 Å². The van der Waals surface area contributed by atoms with Gasteiger partial charge < -0.3 is 10.4 Å². The van der Waals surface area contributed by atoms with E-state index in [0.717, 1.165) is 24.4 Å². The Morgan fingerprint density at radius 3 is 2.53 bits per heavy atom. The van der Waals surface area contributed by atoms with E-state index in [1.807, 2.05) is 20.8 Å². The summed E-state index contributed by atoms with van der Waals surface area (Å²) in [7, 11) is 0. The van der Waals surface area contributed by atoms with Crippen LogP contribution in [0.15, 0.2) is 0 Å². The van der Waals surface area contributed by atoms with Gasteiger partial charge in [0.2, 0.25) is 0 Å². The zero-order chi connectivity index (χ0) is 11.5. The highest BCUT2D eigenvalue weighted by atomic mass is 16.3. The van der Waals surface area contributed by atoms with E-state index in [1.165, 1.54) is 5.56 Å². The van der Waals surface area contributed by atoms with Gasteiger partial charge in [-0.3, -0.25) is 5.10 Å². The number of rotatable bonds is 5. The summed E-state index contributed by atoms with van der Waals surface area (Å²) in [6, 6.07) is 0. The molecule has 0 aromatic carbocycles. The molecule has 1 rings (SSSR count). The molecule has 1 atom stereocenters. The topological polar surface area (TPSA) is 60.9 Å². The number of aliphatic hydroxyl groups excluding tert-OH is 1. The average Bonchev–Trinajstić information content (AvgIpc) is 2.56. The van der Waals surface area contributed by atoms with E-state index in [-0.39, 0.29) is 12.1 Å². The molecule has 0 bridgehead atoms. The Kier molecular flexibility index (Phi) is 3.88. The molecule has 0 amide bonds. The van der Waals surface area contributed by atoms with Crippen molar-refractivity contribution in [2.75, 3.05) is 6.61 Å². The Balaban J connectivity index is 2.64. The lowest BCUT2D eigenvalue weighted by Crippen LogP contribution is -2.44. The predicted molar refractivity (Wildman–Crippen MR) is 60.7 cm³/mol. The summed E-state index contributed by atoms with van der Waals surface area (Å²) in [5, 5.41) is 19.7. The number of H-pyrrole nitrogens is 1. The lowest BCUT2D eigenvalue weighted by molar-refractivity contribution is 0.169. The molecule has 0 fully saturated rings. The molecule has 0 aliphatic carbocycles. The SMILES string of the molecule is CCC(C)(CO)NCc1c(C)n[nH]c1C. The van der Waals surface area contributed by atoms with Crippen molar-refractivity contribution in [1.29, 1.82) is 0 Å². The normalized spacial score (nSPS) is 15.3. The highest BCUT2D eigenvalue weighted by Crippen LogP contribution is 2.13. The monoisotopic (exact) mass is 211 g/mol. The van der Waals surface area contributed by atoms with Crippen molar-refractivity contribution >= 4 is 0 Å². The maximum Gasteiger partial charge on any atom is 0.0638 e. The summed E-state index contributed by atoms with van der Waals surface area (Å²) in [6.07, 6.45) is 0.902. The Morgan fingerprint density at radius 1 is 1.47 bits per heavy atom. The molecular weight excluding hydrogens is 190 g/mol. The molecule has 4 nitrogen and oxygen atoms in total. The number of nitrogens with zero attached hydrogens (tertiary/aromatic N) is 1. The van der Waals surface area contributed by atoms with E-state index in [4.69, 9.17) is 0 Å². The molecule has 0 saturated carbocycles. The number of hydrogen-bond donors (Lipinski definition) is 3.